The van der Waals surface area contributed by atoms with E-state index < -0.39 is 0 Å². The van der Waals surface area contributed by atoms with Gasteiger partial charge in [0.05, 0.1) is 12.3 Å². The third-order valence-electron chi connectivity index (χ3n) is 3.73. The molecular formula is C20H23NO3. The zero-order valence-electron chi connectivity index (χ0n) is 14.2. The second kappa shape index (κ2) is 8.87. The van der Waals surface area contributed by atoms with E-state index in [0.29, 0.717) is 26.0 Å². The Morgan fingerprint density at radius 1 is 1.00 bits per heavy atom. The first-order valence-electron chi connectivity index (χ1n) is 8.21. The van der Waals surface area contributed by atoms with Gasteiger partial charge >= 0.3 is 5.97 Å². The van der Waals surface area contributed by atoms with Crippen molar-refractivity contribution in [3.05, 3.63) is 54.6 Å². The van der Waals surface area contributed by atoms with Crippen LogP contribution >= 0.6 is 0 Å². The van der Waals surface area contributed by atoms with Gasteiger partial charge < -0.3 is 9.64 Å². The SMILES string of the molecule is CCOC(=O)CCCN(C(C)=O)c1ccccc1-c1ccccc1. The summed E-state index contributed by atoms with van der Waals surface area (Å²) in [6.07, 6.45) is 0.882. The molecule has 4 nitrogen and oxygen atoms in total. The Kier molecular flexibility index (Phi) is 6.55. The lowest BCUT2D eigenvalue weighted by atomic mass is 10.0. The molecule has 0 heterocycles. The number of nitrogens with zero attached hydrogens (tertiary/aromatic N) is 1. The summed E-state index contributed by atoms with van der Waals surface area (Å²) in [6.45, 7) is 4.20. The summed E-state index contributed by atoms with van der Waals surface area (Å²) in [5.41, 5.74) is 2.93. The molecule has 0 aromatic heterocycles. The van der Waals surface area contributed by atoms with Gasteiger partial charge in [-0.05, 0) is 25.0 Å². The van der Waals surface area contributed by atoms with E-state index in [1.807, 2.05) is 54.6 Å². The van der Waals surface area contributed by atoms with Crippen LogP contribution in [-0.4, -0.2) is 25.0 Å². The zero-order chi connectivity index (χ0) is 17.4. The average molecular weight is 325 g/mol. The first-order chi connectivity index (χ1) is 11.6. The Labute approximate surface area is 143 Å². The van der Waals surface area contributed by atoms with Crippen LogP contribution in [0.2, 0.25) is 0 Å². The van der Waals surface area contributed by atoms with Crippen LogP contribution in [0, 0.1) is 0 Å². The molecule has 0 saturated carbocycles. The number of hydrogen-bond donors (Lipinski definition) is 0. The highest BCUT2D eigenvalue weighted by Gasteiger charge is 2.16. The molecule has 0 bridgehead atoms. The number of hydrogen-bond acceptors (Lipinski definition) is 3. The second-order valence-electron chi connectivity index (χ2n) is 5.46. The number of carbonyl (C=O) groups is 2. The fourth-order valence-electron chi connectivity index (χ4n) is 2.63. The second-order valence-corrected chi connectivity index (χ2v) is 5.46. The molecule has 1 amide bonds. The van der Waals surface area contributed by atoms with Crippen molar-refractivity contribution in [3.63, 3.8) is 0 Å². The molecule has 0 unspecified atom stereocenters. The summed E-state index contributed by atoms with van der Waals surface area (Å²) in [4.78, 5) is 25.4. The van der Waals surface area contributed by atoms with Crippen LogP contribution in [0.15, 0.2) is 54.6 Å². The van der Waals surface area contributed by atoms with Gasteiger partial charge in [0.2, 0.25) is 5.91 Å². The standard InChI is InChI=1S/C20H23NO3/c1-3-24-20(23)14-9-15-21(16(2)22)19-13-8-7-12-18(19)17-10-5-4-6-11-17/h4-8,10-13H,3,9,14-15H2,1-2H3. The predicted molar refractivity (Wildman–Crippen MR) is 95.8 cm³/mol. The highest BCUT2D eigenvalue weighted by atomic mass is 16.5. The maximum absolute atomic E-state index is 12.1. The van der Waals surface area contributed by atoms with Gasteiger partial charge in [-0.2, -0.15) is 0 Å². The molecule has 0 spiro atoms. The normalized spacial score (nSPS) is 10.2. The number of carbonyl (C=O) groups excluding carboxylic acids is 2. The number of amides is 1. The first kappa shape index (κ1) is 17.7. The number of para-hydroxylation sites is 1. The van der Waals surface area contributed by atoms with E-state index >= 15 is 0 Å². The summed E-state index contributed by atoms with van der Waals surface area (Å²) in [6, 6.07) is 17.8. The van der Waals surface area contributed by atoms with E-state index in [9.17, 15) is 9.59 Å². The molecule has 2 aromatic carbocycles. The van der Waals surface area contributed by atoms with Gasteiger partial charge in [-0.15, -0.1) is 0 Å². The third kappa shape index (κ3) is 4.69. The Balaban J connectivity index is 2.20. The monoisotopic (exact) mass is 325 g/mol. The van der Waals surface area contributed by atoms with Crippen molar-refractivity contribution in [1.29, 1.82) is 0 Å². The topological polar surface area (TPSA) is 46.6 Å². The highest BCUT2D eigenvalue weighted by Crippen LogP contribution is 2.31. The molecule has 0 aliphatic carbocycles. The van der Waals surface area contributed by atoms with Crippen molar-refractivity contribution in [3.8, 4) is 11.1 Å². The van der Waals surface area contributed by atoms with Gasteiger partial charge in [0.1, 0.15) is 0 Å². The minimum absolute atomic E-state index is 0.0396. The zero-order valence-corrected chi connectivity index (χ0v) is 14.2. The third-order valence-corrected chi connectivity index (χ3v) is 3.73. The van der Waals surface area contributed by atoms with Crippen molar-refractivity contribution in [2.45, 2.75) is 26.7 Å². The summed E-state index contributed by atoms with van der Waals surface area (Å²) in [5.74, 6) is -0.264. The summed E-state index contributed by atoms with van der Waals surface area (Å²) < 4.78 is 4.94. The van der Waals surface area contributed by atoms with Crippen LogP contribution in [0.5, 0.6) is 0 Å². The average Bonchev–Trinajstić information content (AvgIpc) is 2.59. The Bertz CT molecular complexity index is 682. The quantitative estimate of drug-likeness (QED) is 0.722. The van der Waals surface area contributed by atoms with Gasteiger partial charge in [0.25, 0.3) is 0 Å². The van der Waals surface area contributed by atoms with Crippen LogP contribution < -0.4 is 4.90 Å². The minimum atomic E-state index is -0.225. The number of anilines is 1. The lowest BCUT2D eigenvalue weighted by Crippen LogP contribution is -2.30. The highest BCUT2D eigenvalue weighted by molar-refractivity contribution is 5.96. The molecule has 0 aliphatic rings. The van der Waals surface area contributed by atoms with E-state index in [1.54, 1.807) is 18.7 Å². The minimum Gasteiger partial charge on any atom is -0.466 e. The van der Waals surface area contributed by atoms with Crippen LogP contribution in [0.1, 0.15) is 26.7 Å². The van der Waals surface area contributed by atoms with E-state index in [-0.39, 0.29) is 11.9 Å². The fourth-order valence-corrected chi connectivity index (χ4v) is 2.63. The Morgan fingerprint density at radius 3 is 2.33 bits per heavy atom. The van der Waals surface area contributed by atoms with Gasteiger partial charge in [-0.1, -0.05) is 48.5 Å². The molecule has 2 rings (SSSR count). The van der Waals surface area contributed by atoms with Crippen molar-refractivity contribution in [1.82, 2.24) is 0 Å². The molecule has 0 atom stereocenters. The lowest BCUT2D eigenvalue weighted by Gasteiger charge is -2.24. The lowest BCUT2D eigenvalue weighted by molar-refractivity contribution is -0.143. The Morgan fingerprint density at radius 2 is 1.67 bits per heavy atom. The summed E-state index contributed by atoms with van der Waals surface area (Å²) in [7, 11) is 0. The maximum atomic E-state index is 12.1. The van der Waals surface area contributed by atoms with E-state index in [1.165, 1.54) is 0 Å². The van der Waals surface area contributed by atoms with Gasteiger partial charge in [0.15, 0.2) is 0 Å². The van der Waals surface area contributed by atoms with E-state index in [2.05, 4.69) is 0 Å². The van der Waals surface area contributed by atoms with Gasteiger partial charge in [-0.3, -0.25) is 9.59 Å². The van der Waals surface area contributed by atoms with Crippen LogP contribution in [0.25, 0.3) is 11.1 Å². The van der Waals surface area contributed by atoms with E-state index in [0.717, 1.165) is 16.8 Å². The number of rotatable bonds is 7. The van der Waals surface area contributed by atoms with Crippen molar-refractivity contribution in [2.24, 2.45) is 0 Å². The molecule has 0 radical (unpaired) electrons. The number of esters is 1. The molecule has 0 aliphatic heterocycles. The molecule has 0 fully saturated rings. The van der Waals surface area contributed by atoms with Gasteiger partial charge in [-0.25, -0.2) is 0 Å². The van der Waals surface area contributed by atoms with Crippen LogP contribution in [0.3, 0.4) is 0 Å². The van der Waals surface area contributed by atoms with Gasteiger partial charge in [0, 0.05) is 25.5 Å². The largest absolute Gasteiger partial charge is 0.466 e. The van der Waals surface area contributed by atoms with Crippen molar-refractivity contribution in [2.75, 3.05) is 18.1 Å². The Hall–Kier alpha value is -2.62. The number of benzene rings is 2. The van der Waals surface area contributed by atoms with Crippen LogP contribution in [0.4, 0.5) is 5.69 Å². The van der Waals surface area contributed by atoms with Crippen molar-refractivity contribution < 1.29 is 14.3 Å². The summed E-state index contributed by atoms with van der Waals surface area (Å²) in [5, 5.41) is 0. The van der Waals surface area contributed by atoms with Crippen molar-refractivity contribution >= 4 is 17.6 Å². The molecule has 0 N–H and O–H groups in total. The molecule has 126 valence electrons. The molecular weight excluding hydrogens is 302 g/mol. The smallest absolute Gasteiger partial charge is 0.305 e. The molecule has 2 aromatic rings. The maximum Gasteiger partial charge on any atom is 0.305 e. The molecule has 4 heteroatoms. The van der Waals surface area contributed by atoms with E-state index in [4.69, 9.17) is 4.74 Å². The van der Waals surface area contributed by atoms with Crippen LogP contribution in [-0.2, 0) is 14.3 Å². The molecule has 24 heavy (non-hydrogen) atoms. The summed E-state index contributed by atoms with van der Waals surface area (Å²) >= 11 is 0. The molecule has 0 saturated heterocycles. The fraction of sp³-hybridized carbons (Fsp3) is 0.300. The predicted octanol–water partition coefficient (Wildman–Crippen LogP) is 4.05. The first-order valence-corrected chi connectivity index (χ1v) is 8.21. The number of ether oxygens (including phenoxy) is 1.